The van der Waals surface area contributed by atoms with Crippen LogP contribution in [0.25, 0.3) is 0 Å². The molecule has 0 spiro atoms. The number of likely N-dealkylation sites (N-methyl/N-ethyl adjacent to an activating group) is 1. The molecule has 7 nitrogen and oxygen atoms in total. The number of hydrogen-bond donors (Lipinski definition) is 1. The standard InChI is InChI=1S/C13H28NO6P/c1-13(2,3)11-12(15)19-9-8-14(4,5)7-6-10-21(17,18)20-16/h6-11H2,1-5H3,(H-,16,17,18). The molecule has 0 fully saturated rings. The second kappa shape index (κ2) is 8.25. The number of esters is 1. The molecule has 0 aromatic heterocycles. The van der Waals surface area contributed by atoms with Gasteiger partial charge in [-0.2, -0.15) is 0 Å². The topological polar surface area (TPSA) is 95.9 Å². The fraction of sp³-hybridized carbons (Fsp3) is 0.923. The summed E-state index contributed by atoms with van der Waals surface area (Å²) >= 11 is 0. The second-order valence-electron chi connectivity index (χ2n) is 7.13. The van der Waals surface area contributed by atoms with Crippen LogP contribution in [0.4, 0.5) is 0 Å². The summed E-state index contributed by atoms with van der Waals surface area (Å²) in [5, 5.41) is 9.99. The molecule has 0 heterocycles. The molecule has 0 rings (SSSR count). The number of quaternary nitrogens is 1. The zero-order chi connectivity index (χ0) is 16.7. The van der Waals surface area contributed by atoms with Crippen molar-refractivity contribution in [3.8, 4) is 0 Å². The summed E-state index contributed by atoms with van der Waals surface area (Å²) in [5.74, 6) is -0.220. The number of rotatable bonds is 9. The normalized spacial score (nSPS) is 15.6. The van der Waals surface area contributed by atoms with Gasteiger partial charge in [-0.3, -0.25) is 9.36 Å². The highest BCUT2D eigenvalue weighted by Gasteiger charge is 2.21. The molecule has 8 heteroatoms. The number of hydrogen-bond acceptors (Lipinski definition) is 5. The molecule has 21 heavy (non-hydrogen) atoms. The van der Waals surface area contributed by atoms with Gasteiger partial charge in [-0.15, -0.1) is 0 Å². The van der Waals surface area contributed by atoms with Crippen molar-refractivity contribution < 1.29 is 33.4 Å². The fourth-order valence-corrected chi connectivity index (χ4v) is 2.35. The molecule has 0 aliphatic rings. The fourth-order valence-electron chi connectivity index (χ4n) is 1.74. The van der Waals surface area contributed by atoms with E-state index >= 15 is 0 Å². The Kier molecular flexibility index (Phi) is 8.07. The third kappa shape index (κ3) is 11.8. The Labute approximate surface area is 126 Å². The predicted molar refractivity (Wildman–Crippen MR) is 77.3 cm³/mol. The van der Waals surface area contributed by atoms with Gasteiger partial charge < -0.3 is 24.0 Å². The van der Waals surface area contributed by atoms with E-state index in [9.17, 15) is 14.6 Å². The van der Waals surface area contributed by atoms with Crippen molar-refractivity contribution in [2.75, 3.05) is 40.0 Å². The summed E-state index contributed by atoms with van der Waals surface area (Å²) in [6.07, 6.45) is 0.593. The molecule has 1 atom stereocenters. The van der Waals surface area contributed by atoms with Crippen LogP contribution in [-0.2, 0) is 18.8 Å². The molecule has 126 valence electrons. The average Bonchev–Trinajstić information content (AvgIpc) is 2.25. The average molecular weight is 325 g/mol. The monoisotopic (exact) mass is 325 g/mol. The zero-order valence-electron chi connectivity index (χ0n) is 13.6. The molecule has 0 bridgehead atoms. The first-order valence-corrected chi connectivity index (χ1v) is 8.74. The molecule has 1 N–H and O–H groups in total. The van der Waals surface area contributed by atoms with Crippen molar-refractivity contribution in [1.82, 2.24) is 0 Å². The molecular formula is C13H28NO6P. The van der Waals surface area contributed by atoms with Crippen LogP contribution >= 0.6 is 7.60 Å². The van der Waals surface area contributed by atoms with E-state index in [1.807, 2.05) is 34.9 Å². The van der Waals surface area contributed by atoms with Crippen molar-refractivity contribution in [3.05, 3.63) is 0 Å². The van der Waals surface area contributed by atoms with E-state index in [1.54, 1.807) is 0 Å². The quantitative estimate of drug-likeness (QED) is 0.222. The van der Waals surface area contributed by atoms with Gasteiger partial charge in [-0.1, -0.05) is 20.8 Å². The van der Waals surface area contributed by atoms with E-state index < -0.39 is 7.60 Å². The third-order valence-corrected chi connectivity index (χ3v) is 4.07. The summed E-state index contributed by atoms with van der Waals surface area (Å²) in [5.41, 5.74) is -0.0952. The zero-order valence-corrected chi connectivity index (χ0v) is 14.5. The van der Waals surface area contributed by atoms with Gasteiger partial charge in [0.05, 0.1) is 33.2 Å². The van der Waals surface area contributed by atoms with E-state index in [2.05, 4.69) is 4.67 Å². The summed E-state index contributed by atoms with van der Waals surface area (Å²) in [4.78, 5) is 20.6. The number of ether oxygens (including phenoxy) is 1. The van der Waals surface area contributed by atoms with Crippen molar-refractivity contribution in [2.24, 2.45) is 5.41 Å². The van der Waals surface area contributed by atoms with E-state index in [1.165, 1.54) is 0 Å². The Balaban J connectivity index is 3.98. The maximum absolute atomic E-state index is 11.6. The van der Waals surface area contributed by atoms with Crippen LogP contribution in [0.5, 0.6) is 0 Å². The molecular weight excluding hydrogens is 297 g/mol. The largest absolute Gasteiger partial charge is 0.716 e. The predicted octanol–water partition coefficient (Wildman–Crippen LogP) is 0.910. The molecule has 0 amide bonds. The molecule has 1 unspecified atom stereocenters. The Morgan fingerprint density at radius 2 is 1.86 bits per heavy atom. The van der Waals surface area contributed by atoms with Crippen LogP contribution < -0.4 is 5.26 Å². The maximum atomic E-state index is 11.6. The van der Waals surface area contributed by atoms with Gasteiger partial charge in [-0.25, -0.2) is 0 Å². The number of nitrogens with zero attached hydrogens (tertiary/aromatic N) is 1. The lowest BCUT2D eigenvalue weighted by molar-refractivity contribution is -0.890. The number of carbonyl (C=O) groups is 1. The molecule has 0 aromatic carbocycles. The molecule has 0 saturated carbocycles. The SMILES string of the molecule is CC(C)(C)CC(=O)OCC[N+](C)(C)CCCP(=O)(O)O[O-]. The summed E-state index contributed by atoms with van der Waals surface area (Å²) < 4.78 is 20.1. The first-order chi connectivity index (χ1) is 9.37. The van der Waals surface area contributed by atoms with Gasteiger partial charge in [0.25, 0.3) is 0 Å². The van der Waals surface area contributed by atoms with Crippen molar-refractivity contribution >= 4 is 13.6 Å². The summed E-state index contributed by atoms with van der Waals surface area (Å²) in [7, 11) is -0.118. The molecule has 0 saturated heterocycles. The molecule has 0 aromatic rings. The van der Waals surface area contributed by atoms with Crippen LogP contribution in [0.1, 0.15) is 33.6 Å². The summed E-state index contributed by atoms with van der Waals surface area (Å²) in [6.45, 7) is 7.41. The van der Waals surface area contributed by atoms with Crippen molar-refractivity contribution in [1.29, 1.82) is 0 Å². The van der Waals surface area contributed by atoms with Gasteiger partial charge >= 0.3 is 13.6 Å². The van der Waals surface area contributed by atoms with Crippen molar-refractivity contribution in [3.63, 3.8) is 0 Å². The first-order valence-electron chi connectivity index (χ1n) is 6.98. The van der Waals surface area contributed by atoms with Crippen LogP contribution in [-0.4, -0.2) is 55.3 Å². The van der Waals surface area contributed by atoms with Gasteiger partial charge in [0.1, 0.15) is 13.2 Å². The van der Waals surface area contributed by atoms with Gasteiger partial charge in [0.2, 0.25) is 0 Å². The van der Waals surface area contributed by atoms with Crippen LogP contribution in [0.15, 0.2) is 0 Å². The molecule has 0 radical (unpaired) electrons. The van der Waals surface area contributed by atoms with Crippen LogP contribution in [0, 0.1) is 5.41 Å². The lowest BCUT2D eigenvalue weighted by Gasteiger charge is -2.30. The number of carbonyl (C=O) groups excluding carboxylic acids is 1. The highest BCUT2D eigenvalue weighted by Crippen LogP contribution is 2.39. The highest BCUT2D eigenvalue weighted by molar-refractivity contribution is 7.52. The molecule has 0 aliphatic heterocycles. The van der Waals surface area contributed by atoms with Crippen LogP contribution in [0.2, 0.25) is 0 Å². The summed E-state index contributed by atoms with van der Waals surface area (Å²) in [6, 6.07) is 0. The first kappa shape index (κ1) is 20.5. The minimum Gasteiger partial charge on any atom is -0.716 e. The van der Waals surface area contributed by atoms with Gasteiger partial charge in [0, 0.05) is 6.42 Å². The van der Waals surface area contributed by atoms with Crippen molar-refractivity contribution in [2.45, 2.75) is 33.6 Å². The smallest absolute Gasteiger partial charge is 0.319 e. The Morgan fingerprint density at radius 1 is 1.29 bits per heavy atom. The molecule has 0 aliphatic carbocycles. The van der Waals surface area contributed by atoms with Crippen LogP contribution in [0.3, 0.4) is 0 Å². The Morgan fingerprint density at radius 3 is 2.33 bits per heavy atom. The minimum absolute atomic E-state index is 0.0952. The Hall–Kier alpha value is -0.460. The second-order valence-corrected chi connectivity index (χ2v) is 9.00. The van der Waals surface area contributed by atoms with Gasteiger partial charge in [0.15, 0.2) is 0 Å². The van der Waals surface area contributed by atoms with E-state index in [0.29, 0.717) is 37.0 Å². The van der Waals surface area contributed by atoms with E-state index in [4.69, 9.17) is 9.63 Å². The minimum atomic E-state index is -3.98. The van der Waals surface area contributed by atoms with E-state index in [0.717, 1.165) is 0 Å². The van der Waals surface area contributed by atoms with Gasteiger partial charge in [-0.05, 0) is 5.41 Å². The highest BCUT2D eigenvalue weighted by atomic mass is 31.2. The lowest BCUT2D eigenvalue weighted by atomic mass is 9.93. The van der Waals surface area contributed by atoms with E-state index in [-0.39, 0.29) is 17.5 Å². The Bertz CT molecular complexity index is 377. The lowest BCUT2D eigenvalue weighted by Crippen LogP contribution is -2.43. The third-order valence-electron chi connectivity index (χ3n) is 2.95. The maximum Gasteiger partial charge on any atom is 0.319 e.